The minimum absolute atomic E-state index is 0.0417. The van der Waals surface area contributed by atoms with Crippen molar-refractivity contribution in [3.05, 3.63) is 65.7 Å². The second kappa shape index (κ2) is 13.4. The molecule has 0 N–H and O–H groups in total. The van der Waals surface area contributed by atoms with Crippen LogP contribution < -0.4 is 9.47 Å². The van der Waals surface area contributed by atoms with Crippen molar-refractivity contribution in [2.45, 2.75) is 108 Å². The molecule has 0 atom stereocenters. The van der Waals surface area contributed by atoms with Crippen molar-refractivity contribution in [1.82, 2.24) is 0 Å². The van der Waals surface area contributed by atoms with Crippen LogP contribution in [0.15, 0.2) is 59.5 Å². The van der Waals surface area contributed by atoms with E-state index in [1.807, 2.05) is 6.07 Å². The largest absolute Gasteiger partial charge is 0.456 e. The third kappa shape index (κ3) is 5.81. The normalized spacial score (nSPS) is 34.6. The number of hydrogen-bond donors (Lipinski definition) is 1. The fraction of sp³-hybridized carbons (Fsp3) is 0.565. The van der Waals surface area contributed by atoms with Crippen molar-refractivity contribution in [3.63, 3.8) is 0 Å². The number of benzene rings is 3. The summed E-state index contributed by atoms with van der Waals surface area (Å²) in [6.45, 7) is 7.49. The molecule has 6 nitrogen and oxygen atoms in total. The molecular formula is C46H54O6S. The third-order valence-electron chi connectivity index (χ3n) is 15.4. The number of rotatable bonds is 10. The molecule has 0 spiro atoms. The van der Waals surface area contributed by atoms with Crippen LogP contribution in [0.4, 0.5) is 0 Å². The Balaban J connectivity index is 1.21. The summed E-state index contributed by atoms with van der Waals surface area (Å²) in [6.07, 6.45) is 12.9. The molecule has 8 bridgehead atoms. The molecule has 8 aliphatic rings. The molecule has 0 saturated heterocycles. The summed E-state index contributed by atoms with van der Waals surface area (Å²) >= 11 is 5.16. The van der Waals surface area contributed by atoms with E-state index in [1.165, 1.54) is 89.2 Å². The highest BCUT2D eigenvalue weighted by Gasteiger charge is 2.58. The average Bonchev–Trinajstić information content (AvgIpc) is 3.12. The number of carbonyl (C=O) groups excluding carboxylic acids is 2. The van der Waals surface area contributed by atoms with Crippen LogP contribution in [0, 0.1) is 47.3 Å². The van der Waals surface area contributed by atoms with Gasteiger partial charge in [-0.2, -0.15) is 0 Å². The van der Waals surface area contributed by atoms with Crippen LogP contribution in [0.25, 0.3) is 22.3 Å². The lowest BCUT2D eigenvalue weighted by Crippen LogP contribution is -2.54. The predicted molar refractivity (Wildman–Crippen MR) is 208 cm³/mol. The van der Waals surface area contributed by atoms with Crippen LogP contribution in [0.2, 0.25) is 0 Å². The summed E-state index contributed by atoms with van der Waals surface area (Å²) in [4.78, 5) is 24.9. The van der Waals surface area contributed by atoms with Crippen molar-refractivity contribution in [2.75, 3.05) is 13.6 Å². The number of esters is 2. The van der Waals surface area contributed by atoms with Gasteiger partial charge in [0.25, 0.3) is 0 Å². The Morgan fingerprint density at radius 2 is 0.943 bits per heavy atom. The van der Waals surface area contributed by atoms with E-state index in [9.17, 15) is 9.59 Å². The lowest BCUT2D eigenvalue weighted by Gasteiger charge is -2.60. The highest BCUT2D eigenvalue weighted by Crippen LogP contribution is 2.66. The van der Waals surface area contributed by atoms with Gasteiger partial charge in [-0.15, -0.1) is 12.6 Å². The van der Waals surface area contributed by atoms with E-state index in [0.717, 1.165) is 62.3 Å². The summed E-state index contributed by atoms with van der Waals surface area (Å²) in [6, 6.07) is 19.4. The first-order chi connectivity index (χ1) is 25.5. The van der Waals surface area contributed by atoms with Gasteiger partial charge in [0, 0.05) is 57.4 Å². The zero-order valence-corrected chi connectivity index (χ0v) is 32.6. The minimum atomic E-state index is -0.371. The molecule has 3 aromatic rings. The van der Waals surface area contributed by atoms with E-state index >= 15 is 0 Å². The van der Waals surface area contributed by atoms with E-state index in [-0.39, 0.29) is 36.4 Å². The van der Waals surface area contributed by atoms with Crippen LogP contribution in [-0.2, 0) is 29.9 Å². The highest BCUT2D eigenvalue weighted by molar-refractivity contribution is 7.80. The van der Waals surface area contributed by atoms with Gasteiger partial charge in [0.15, 0.2) is 0 Å². The van der Waals surface area contributed by atoms with Gasteiger partial charge in [0.1, 0.15) is 11.5 Å². The Hall–Kier alpha value is -3.45. The number of thiol groups is 1. The van der Waals surface area contributed by atoms with Gasteiger partial charge < -0.3 is 18.9 Å². The van der Waals surface area contributed by atoms with Gasteiger partial charge >= 0.3 is 11.9 Å². The molecule has 53 heavy (non-hydrogen) atoms. The van der Waals surface area contributed by atoms with Crippen LogP contribution in [-0.4, -0.2) is 25.5 Å². The maximum absolute atomic E-state index is 12.0. The molecule has 0 heterocycles. The Morgan fingerprint density at radius 1 is 0.566 bits per heavy atom. The fourth-order valence-electron chi connectivity index (χ4n) is 13.2. The minimum Gasteiger partial charge on any atom is -0.456 e. The number of ether oxygens (including phenoxy) is 4. The predicted octanol–water partition coefficient (Wildman–Crippen LogP) is 10.5. The molecule has 8 saturated carbocycles. The Labute approximate surface area is 320 Å². The summed E-state index contributed by atoms with van der Waals surface area (Å²) in [7, 11) is 0. The van der Waals surface area contributed by atoms with Crippen molar-refractivity contribution in [2.24, 2.45) is 47.3 Å². The number of hydrogen-bond acceptors (Lipinski definition) is 7. The first-order valence-corrected chi connectivity index (χ1v) is 20.6. The smallest absolute Gasteiger partial charge is 0.305 e. The molecule has 3 aromatic carbocycles. The van der Waals surface area contributed by atoms with E-state index < -0.39 is 0 Å². The van der Waals surface area contributed by atoms with E-state index in [2.05, 4.69) is 62.4 Å². The molecule has 0 aliphatic heterocycles. The Morgan fingerprint density at radius 3 is 1.38 bits per heavy atom. The van der Waals surface area contributed by atoms with Crippen LogP contribution in [0.3, 0.4) is 0 Å². The first kappa shape index (κ1) is 35.3. The molecule has 7 heteroatoms. The van der Waals surface area contributed by atoms with Gasteiger partial charge in [-0.25, -0.2) is 0 Å². The standard InChI is InChI=1S/C46H54O6S/c1-26(47)49-24-51-43-37(9-5-11-39(43)45(3)32-16-28-14-29(18-32)19-33(45)17-28)36-8-7-13-41(53)42(36)38-10-6-12-40(44(38)52-25-50-27(2)48)46(4)34-20-30-15-31(22-34)23-35(46)21-30/h5-13,28-35,53H,14-25H2,1-4H3. The third-order valence-corrected chi connectivity index (χ3v) is 15.8. The molecule has 0 amide bonds. The average molecular weight is 735 g/mol. The van der Waals surface area contributed by atoms with Crippen LogP contribution in [0.1, 0.15) is 103 Å². The molecule has 0 radical (unpaired) electrons. The monoisotopic (exact) mass is 734 g/mol. The van der Waals surface area contributed by atoms with Crippen LogP contribution in [0.5, 0.6) is 11.5 Å². The number of carbonyl (C=O) groups is 2. The van der Waals surface area contributed by atoms with E-state index in [1.54, 1.807) is 0 Å². The summed E-state index contributed by atoms with van der Waals surface area (Å²) in [5.41, 5.74) is 6.15. The zero-order valence-electron chi connectivity index (χ0n) is 31.7. The van der Waals surface area contributed by atoms with Crippen LogP contribution >= 0.6 is 12.6 Å². The molecule has 0 aromatic heterocycles. The quantitative estimate of drug-likeness (QED) is 0.127. The summed E-state index contributed by atoms with van der Waals surface area (Å²) < 4.78 is 24.2. The van der Waals surface area contributed by atoms with Crippen molar-refractivity contribution in [1.29, 1.82) is 0 Å². The Bertz CT molecular complexity index is 1870. The molecular weight excluding hydrogens is 681 g/mol. The SMILES string of the molecule is CC(=O)OCOc1c(-c2cccc(S)c2-c2cccc(C3(C)C4CC5CC(C4)CC3C5)c2OCOC(C)=O)cccc1C1(C)C2CC3CC(C2)CC1C3. The molecule has 8 aliphatic carbocycles. The van der Waals surface area contributed by atoms with Crippen molar-refractivity contribution < 1.29 is 28.5 Å². The van der Waals surface area contributed by atoms with Gasteiger partial charge in [-0.1, -0.05) is 62.4 Å². The molecule has 11 rings (SSSR count). The lowest BCUT2D eigenvalue weighted by molar-refractivity contribution is -0.148. The molecule has 8 fully saturated rings. The molecule has 280 valence electrons. The van der Waals surface area contributed by atoms with Gasteiger partial charge in [-0.05, 0) is 123 Å². The first-order valence-electron chi connectivity index (χ1n) is 20.2. The van der Waals surface area contributed by atoms with E-state index in [0.29, 0.717) is 23.7 Å². The maximum Gasteiger partial charge on any atom is 0.305 e. The summed E-state index contributed by atoms with van der Waals surface area (Å²) in [5, 5.41) is 0. The van der Waals surface area contributed by atoms with Gasteiger partial charge in [-0.3, -0.25) is 9.59 Å². The zero-order chi connectivity index (χ0) is 36.6. The summed E-state index contributed by atoms with van der Waals surface area (Å²) in [5.74, 6) is 6.54. The van der Waals surface area contributed by atoms with E-state index in [4.69, 9.17) is 31.6 Å². The topological polar surface area (TPSA) is 71.1 Å². The Kier molecular flexibility index (Phi) is 8.91. The fourth-order valence-corrected chi connectivity index (χ4v) is 13.6. The van der Waals surface area contributed by atoms with Crippen molar-refractivity contribution in [3.8, 4) is 33.8 Å². The lowest BCUT2D eigenvalue weighted by atomic mass is 9.44. The van der Waals surface area contributed by atoms with Gasteiger partial charge in [0.05, 0.1) is 0 Å². The second-order valence-corrected chi connectivity index (χ2v) is 18.5. The second-order valence-electron chi connectivity index (χ2n) is 18.0. The van der Waals surface area contributed by atoms with Crippen molar-refractivity contribution >= 4 is 24.6 Å². The number of para-hydroxylation sites is 2. The molecule has 0 unspecified atom stereocenters. The van der Waals surface area contributed by atoms with Gasteiger partial charge in [0.2, 0.25) is 13.6 Å². The maximum atomic E-state index is 12.0. The highest BCUT2D eigenvalue weighted by atomic mass is 32.1.